The highest BCUT2D eigenvalue weighted by Crippen LogP contribution is 2.46. The normalized spacial score (nSPS) is 21.3. The molecule has 0 spiro atoms. The van der Waals surface area contributed by atoms with Crippen LogP contribution in [0.1, 0.15) is 61.6 Å². The fourth-order valence-electron chi connectivity index (χ4n) is 4.02. The maximum absolute atomic E-state index is 9.21. The first-order valence-corrected chi connectivity index (χ1v) is 7.34. The van der Waals surface area contributed by atoms with E-state index in [1.54, 1.807) is 11.1 Å². The third kappa shape index (κ3) is 1.85. The summed E-state index contributed by atoms with van der Waals surface area (Å²) in [4.78, 5) is 0. The van der Waals surface area contributed by atoms with Crippen LogP contribution in [0.2, 0.25) is 0 Å². The van der Waals surface area contributed by atoms with Crippen molar-refractivity contribution in [1.29, 1.82) is 5.26 Å². The van der Waals surface area contributed by atoms with E-state index >= 15 is 0 Å². The van der Waals surface area contributed by atoms with Crippen LogP contribution < -0.4 is 0 Å². The van der Waals surface area contributed by atoms with Gasteiger partial charge in [0.1, 0.15) is 0 Å². The lowest BCUT2D eigenvalue weighted by molar-refractivity contribution is 0.443. The van der Waals surface area contributed by atoms with Crippen molar-refractivity contribution in [2.45, 2.75) is 63.2 Å². The Morgan fingerprint density at radius 3 is 2.61 bits per heavy atom. The Hall–Kier alpha value is -1.29. The number of fused-ring (bicyclic) bond motifs is 1. The van der Waals surface area contributed by atoms with Gasteiger partial charge in [0.15, 0.2) is 0 Å². The Labute approximate surface area is 110 Å². The van der Waals surface area contributed by atoms with Crippen LogP contribution in [0.15, 0.2) is 18.2 Å². The molecule has 0 radical (unpaired) electrons. The van der Waals surface area contributed by atoms with Crippen molar-refractivity contribution < 1.29 is 0 Å². The van der Waals surface area contributed by atoms with Crippen molar-refractivity contribution in [2.75, 3.05) is 0 Å². The molecular formula is C17H21N. The van der Waals surface area contributed by atoms with Crippen LogP contribution in [0.3, 0.4) is 0 Å². The Bertz CT molecular complexity index is 475. The molecule has 2 aliphatic carbocycles. The lowest BCUT2D eigenvalue weighted by Crippen LogP contribution is -2.24. The number of rotatable bonds is 2. The predicted molar refractivity (Wildman–Crippen MR) is 73.5 cm³/mol. The molecule has 1 nitrogen and oxygen atoms in total. The predicted octanol–water partition coefficient (Wildman–Crippen LogP) is 4.29. The van der Waals surface area contributed by atoms with Crippen LogP contribution in [0.4, 0.5) is 0 Å². The van der Waals surface area contributed by atoms with E-state index in [0.717, 1.165) is 0 Å². The van der Waals surface area contributed by atoms with Crippen LogP contribution in [-0.4, -0.2) is 0 Å². The zero-order valence-electron chi connectivity index (χ0n) is 11.0. The molecule has 0 N–H and O–H groups in total. The first-order valence-electron chi connectivity index (χ1n) is 7.34. The van der Waals surface area contributed by atoms with Crippen LogP contribution in [-0.2, 0) is 18.3 Å². The van der Waals surface area contributed by atoms with Crippen LogP contribution in [0.5, 0.6) is 0 Å². The zero-order chi connectivity index (χ0) is 12.4. The third-order valence-electron chi connectivity index (χ3n) is 4.95. The van der Waals surface area contributed by atoms with Gasteiger partial charge in [-0.1, -0.05) is 31.0 Å². The van der Waals surface area contributed by atoms with Crippen molar-refractivity contribution in [3.05, 3.63) is 34.9 Å². The summed E-state index contributed by atoms with van der Waals surface area (Å²) in [7, 11) is 0. The highest BCUT2D eigenvalue weighted by Gasteiger charge is 2.37. The summed E-state index contributed by atoms with van der Waals surface area (Å²) in [5.41, 5.74) is 4.87. The number of hydrogen-bond acceptors (Lipinski definition) is 1. The maximum atomic E-state index is 9.21. The molecule has 3 rings (SSSR count). The van der Waals surface area contributed by atoms with E-state index in [9.17, 15) is 5.26 Å². The number of hydrogen-bond donors (Lipinski definition) is 0. The van der Waals surface area contributed by atoms with Gasteiger partial charge in [0.2, 0.25) is 0 Å². The molecule has 0 aromatic heterocycles. The molecule has 1 saturated carbocycles. The summed E-state index contributed by atoms with van der Waals surface area (Å²) < 4.78 is 0. The fraction of sp³-hybridized carbons (Fsp3) is 0.588. The molecule has 2 aliphatic rings. The van der Waals surface area contributed by atoms with Crippen molar-refractivity contribution in [1.82, 2.24) is 0 Å². The second-order valence-corrected chi connectivity index (χ2v) is 5.97. The van der Waals surface area contributed by atoms with E-state index in [-0.39, 0.29) is 5.41 Å². The van der Waals surface area contributed by atoms with E-state index < -0.39 is 0 Å². The number of nitriles is 1. The van der Waals surface area contributed by atoms with Gasteiger partial charge in [0.25, 0.3) is 0 Å². The summed E-state index contributed by atoms with van der Waals surface area (Å²) in [6.07, 6.45) is 10.9. The second-order valence-electron chi connectivity index (χ2n) is 5.97. The van der Waals surface area contributed by atoms with E-state index in [4.69, 9.17) is 0 Å². The topological polar surface area (TPSA) is 23.8 Å². The molecule has 18 heavy (non-hydrogen) atoms. The highest BCUT2D eigenvalue weighted by molar-refractivity contribution is 5.42. The van der Waals surface area contributed by atoms with Gasteiger partial charge in [-0.3, -0.25) is 0 Å². The van der Waals surface area contributed by atoms with Gasteiger partial charge < -0.3 is 0 Å². The van der Waals surface area contributed by atoms with Crippen LogP contribution in [0.25, 0.3) is 0 Å². The third-order valence-corrected chi connectivity index (χ3v) is 4.95. The molecule has 1 aromatic rings. The molecule has 1 aromatic carbocycles. The summed E-state index contributed by atoms with van der Waals surface area (Å²) in [6.45, 7) is 0. The second kappa shape index (κ2) is 4.76. The molecular weight excluding hydrogens is 218 g/mol. The maximum Gasteiger partial charge on any atom is 0.0631 e. The Kier molecular flexibility index (Phi) is 3.12. The van der Waals surface area contributed by atoms with Gasteiger partial charge in [0, 0.05) is 11.8 Å². The summed E-state index contributed by atoms with van der Waals surface area (Å²) >= 11 is 0. The Balaban J connectivity index is 2.07. The summed E-state index contributed by atoms with van der Waals surface area (Å²) in [5.74, 6) is 0. The Morgan fingerprint density at radius 1 is 1.06 bits per heavy atom. The van der Waals surface area contributed by atoms with Gasteiger partial charge in [-0.15, -0.1) is 0 Å². The lowest BCUT2D eigenvalue weighted by Gasteiger charge is -2.32. The minimum absolute atomic E-state index is 0.192. The van der Waals surface area contributed by atoms with Gasteiger partial charge in [0.05, 0.1) is 6.07 Å². The van der Waals surface area contributed by atoms with Crippen LogP contribution >= 0.6 is 0 Å². The smallest absolute Gasteiger partial charge is 0.0631 e. The van der Waals surface area contributed by atoms with Crippen molar-refractivity contribution in [3.8, 4) is 6.07 Å². The van der Waals surface area contributed by atoms with Crippen molar-refractivity contribution >= 4 is 0 Å². The zero-order valence-corrected chi connectivity index (χ0v) is 11.0. The first kappa shape index (κ1) is 11.8. The van der Waals surface area contributed by atoms with E-state index in [2.05, 4.69) is 24.3 Å². The molecule has 1 heteroatoms. The van der Waals surface area contributed by atoms with Gasteiger partial charge in [-0.05, 0) is 55.2 Å². The SMILES string of the molecule is N#CCC1(c2cccc3c2CCCC3)CCCC1. The van der Waals surface area contributed by atoms with Gasteiger partial charge in [-0.2, -0.15) is 5.26 Å². The van der Waals surface area contributed by atoms with Gasteiger partial charge >= 0.3 is 0 Å². The van der Waals surface area contributed by atoms with Crippen molar-refractivity contribution in [3.63, 3.8) is 0 Å². The molecule has 0 atom stereocenters. The van der Waals surface area contributed by atoms with Crippen LogP contribution in [0, 0.1) is 11.3 Å². The molecule has 1 fully saturated rings. The minimum atomic E-state index is 0.192. The number of nitrogens with zero attached hydrogens (tertiary/aromatic N) is 1. The molecule has 0 unspecified atom stereocenters. The summed E-state index contributed by atoms with van der Waals surface area (Å²) in [5, 5.41) is 9.21. The lowest BCUT2D eigenvalue weighted by atomic mass is 9.71. The number of aryl methyl sites for hydroxylation is 1. The minimum Gasteiger partial charge on any atom is -0.198 e. The average molecular weight is 239 g/mol. The molecule has 0 aliphatic heterocycles. The monoisotopic (exact) mass is 239 g/mol. The molecule has 0 amide bonds. The van der Waals surface area contributed by atoms with Gasteiger partial charge in [-0.25, -0.2) is 0 Å². The Morgan fingerprint density at radius 2 is 1.83 bits per heavy atom. The number of benzene rings is 1. The largest absolute Gasteiger partial charge is 0.198 e. The molecule has 0 bridgehead atoms. The van der Waals surface area contributed by atoms with Crippen molar-refractivity contribution in [2.24, 2.45) is 0 Å². The van der Waals surface area contributed by atoms with E-state index in [0.29, 0.717) is 6.42 Å². The highest BCUT2D eigenvalue weighted by atomic mass is 14.4. The van der Waals surface area contributed by atoms with E-state index in [1.165, 1.54) is 56.9 Å². The van der Waals surface area contributed by atoms with E-state index in [1.807, 2.05) is 0 Å². The average Bonchev–Trinajstić information content (AvgIpc) is 2.88. The first-order chi connectivity index (χ1) is 8.86. The quantitative estimate of drug-likeness (QED) is 0.755. The fourth-order valence-corrected chi connectivity index (χ4v) is 4.02. The standard InChI is InChI=1S/C17H21N/c18-13-12-17(10-3-4-11-17)16-9-5-7-14-6-1-2-8-15(14)16/h5,7,9H,1-4,6,8,10-12H2. The summed E-state index contributed by atoms with van der Waals surface area (Å²) in [6, 6.07) is 9.29. The molecule has 0 heterocycles. The molecule has 94 valence electrons. The molecule has 0 saturated heterocycles.